The number of carbonyl (C=O) groups is 1. The Morgan fingerprint density at radius 2 is 1.76 bits per heavy atom. The molecule has 0 saturated carbocycles. The van der Waals surface area contributed by atoms with Gasteiger partial charge in [0, 0.05) is 32.7 Å². The van der Waals surface area contributed by atoms with E-state index in [0.717, 1.165) is 99.1 Å². The van der Waals surface area contributed by atoms with Crippen LogP contribution in [0.5, 0.6) is 0 Å². The van der Waals surface area contributed by atoms with Crippen molar-refractivity contribution in [1.29, 1.82) is 0 Å². The Kier molecular flexibility index (Phi) is 6.87. The normalized spacial score (nSPS) is 19.5. The predicted molar refractivity (Wildman–Crippen MR) is 151 cm³/mol. The number of rotatable bonds is 6. The van der Waals surface area contributed by atoms with Gasteiger partial charge in [0.1, 0.15) is 29.3 Å². The van der Waals surface area contributed by atoms with Crippen molar-refractivity contribution in [2.75, 3.05) is 42.5 Å². The van der Waals surface area contributed by atoms with Crippen molar-refractivity contribution in [2.45, 2.75) is 44.2 Å². The third-order valence-corrected chi connectivity index (χ3v) is 8.26. The number of imidazole rings is 1. The fourth-order valence-electron chi connectivity index (χ4n) is 5.88. The van der Waals surface area contributed by atoms with Gasteiger partial charge in [-0.3, -0.25) is 4.89 Å². The molecular formula is C30H32FN7O3. The third kappa shape index (κ3) is 5.17. The molecule has 41 heavy (non-hydrogen) atoms. The van der Waals surface area contributed by atoms with Crippen LogP contribution in [0.4, 0.5) is 20.8 Å². The van der Waals surface area contributed by atoms with Crippen LogP contribution >= 0.6 is 0 Å². The molecule has 6 heterocycles. The second-order valence-corrected chi connectivity index (χ2v) is 10.9. The van der Waals surface area contributed by atoms with E-state index in [1.54, 1.807) is 23.2 Å². The molecule has 3 aliphatic rings. The SMILES string of the molecule is O=C(OOC1CCN(c2cccc(-c3cnc4ccc(N5CCC[C@@H]5c5cccc(F)c5)nn34)n2)CC1)N1CCC1. The smallest absolute Gasteiger partial charge is 0.356 e. The number of hydrogen-bond donors (Lipinski definition) is 0. The van der Waals surface area contributed by atoms with Gasteiger partial charge in [-0.25, -0.2) is 23.7 Å². The Balaban J connectivity index is 1.07. The third-order valence-electron chi connectivity index (χ3n) is 8.26. The first-order valence-electron chi connectivity index (χ1n) is 14.3. The summed E-state index contributed by atoms with van der Waals surface area (Å²) in [6.07, 6.45) is 5.75. The Morgan fingerprint density at radius 1 is 0.902 bits per heavy atom. The van der Waals surface area contributed by atoms with Crippen LogP contribution in [0, 0.1) is 5.82 Å². The highest BCUT2D eigenvalue weighted by Gasteiger charge is 2.29. The van der Waals surface area contributed by atoms with Crippen LogP contribution in [0.15, 0.2) is 60.8 Å². The Labute approximate surface area is 237 Å². The topological polar surface area (TPSA) is 88.3 Å². The van der Waals surface area contributed by atoms with E-state index in [1.807, 2.05) is 40.9 Å². The summed E-state index contributed by atoms with van der Waals surface area (Å²) in [4.78, 5) is 38.0. The molecule has 212 valence electrons. The van der Waals surface area contributed by atoms with Crippen LogP contribution < -0.4 is 9.80 Å². The van der Waals surface area contributed by atoms with Crippen LogP contribution in [0.2, 0.25) is 0 Å². The van der Waals surface area contributed by atoms with E-state index in [1.165, 1.54) is 6.07 Å². The Morgan fingerprint density at radius 3 is 2.56 bits per heavy atom. The van der Waals surface area contributed by atoms with Crippen molar-refractivity contribution in [3.8, 4) is 11.4 Å². The maximum atomic E-state index is 14.0. The number of piperidine rings is 1. The minimum Gasteiger partial charge on any atom is -0.356 e. The lowest BCUT2D eigenvalue weighted by Crippen LogP contribution is -2.43. The van der Waals surface area contributed by atoms with Gasteiger partial charge in [-0.05, 0) is 74.1 Å². The van der Waals surface area contributed by atoms with Crippen molar-refractivity contribution in [1.82, 2.24) is 24.5 Å². The number of nitrogens with zero attached hydrogens (tertiary/aromatic N) is 7. The Bertz CT molecular complexity index is 1550. The lowest BCUT2D eigenvalue weighted by atomic mass is 10.0. The van der Waals surface area contributed by atoms with E-state index >= 15 is 0 Å². The average molecular weight is 558 g/mol. The molecule has 3 fully saturated rings. The fraction of sp³-hybridized carbons (Fsp3) is 0.400. The van der Waals surface area contributed by atoms with Crippen LogP contribution in [0.3, 0.4) is 0 Å². The first kappa shape index (κ1) is 25.7. The summed E-state index contributed by atoms with van der Waals surface area (Å²) in [6.45, 7) is 3.82. The molecule has 1 amide bonds. The molecule has 1 atom stereocenters. The number of carbonyl (C=O) groups excluding carboxylic acids is 1. The predicted octanol–water partition coefficient (Wildman–Crippen LogP) is 5.01. The first-order chi connectivity index (χ1) is 20.1. The van der Waals surface area contributed by atoms with Gasteiger partial charge >= 0.3 is 6.09 Å². The number of fused-ring (bicyclic) bond motifs is 1. The molecule has 0 unspecified atom stereocenters. The molecule has 4 aromatic rings. The summed E-state index contributed by atoms with van der Waals surface area (Å²) < 4.78 is 15.8. The molecule has 0 radical (unpaired) electrons. The highest BCUT2D eigenvalue weighted by atomic mass is 19.1. The number of hydrogen-bond acceptors (Lipinski definition) is 8. The maximum Gasteiger partial charge on any atom is 0.441 e. The Hall–Kier alpha value is -4.25. The summed E-state index contributed by atoms with van der Waals surface area (Å²) in [6, 6.07) is 16.9. The number of halogens is 1. The molecule has 0 N–H and O–H groups in total. The molecule has 7 rings (SSSR count). The van der Waals surface area contributed by atoms with E-state index in [-0.39, 0.29) is 18.0 Å². The molecular weight excluding hydrogens is 525 g/mol. The second-order valence-electron chi connectivity index (χ2n) is 10.9. The van der Waals surface area contributed by atoms with Crippen molar-refractivity contribution in [3.05, 3.63) is 72.2 Å². The molecule has 0 aliphatic carbocycles. The highest BCUT2D eigenvalue weighted by Crippen LogP contribution is 2.36. The summed E-state index contributed by atoms with van der Waals surface area (Å²) in [5.41, 5.74) is 3.29. The summed E-state index contributed by atoms with van der Waals surface area (Å²) in [5.74, 6) is 1.48. The van der Waals surface area contributed by atoms with E-state index in [4.69, 9.17) is 19.9 Å². The first-order valence-corrected chi connectivity index (χ1v) is 14.3. The molecule has 3 saturated heterocycles. The van der Waals surface area contributed by atoms with Gasteiger partial charge in [-0.15, -0.1) is 5.10 Å². The summed E-state index contributed by atoms with van der Waals surface area (Å²) in [5, 5.41) is 4.97. The van der Waals surface area contributed by atoms with Crippen molar-refractivity contribution in [2.24, 2.45) is 0 Å². The number of aromatic nitrogens is 4. The van der Waals surface area contributed by atoms with E-state index in [0.29, 0.717) is 0 Å². The van der Waals surface area contributed by atoms with Crippen LogP contribution in [-0.4, -0.2) is 69.4 Å². The maximum absolute atomic E-state index is 14.0. The number of pyridine rings is 1. The molecule has 11 heteroatoms. The molecule has 3 aromatic heterocycles. The fourth-order valence-corrected chi connectivity index (χ4v) is 5.88. The number of likely N-dealkylation sites (tertiary alicyclic amines) is 1. The zero-order chi connectivity index (χ0) is 27.8. The number of amides is 1. The monoisotopic (exact) mass is 557 g/mol. The van der Waals surface area contributed by atoms with Crippen LogP contribution in [0.25, 0.3) is 17.0 Å². The minimum absolute atomic E-state index is 0.0789. The standard InChI is InChI=1S/C30H32FN7O3/c31-22-6-1-5-21(19-22)25-8-3-16-37(25)29-11-10-27-32-20-26(38(27)34-29)24-7-2-9-28(33-24)35-17-12-23(13-18-35)40-41-30(39)36-14-4-15-36/h1-2,5-7,9-11,19-20,23,25H,3-4,8,12-18H2/t25-/m1/s1. The van der Waals surface area contributed by atoms with Crippen molar-refractivity contribution >= 4 is 23.4 Å². The van der Waals surface area contributed by atoms with Crippen LogP contribution in [-0.2, 0) is 9.78 Å². The van der Waals surface area contributed by atoms with Gasteiger partial charge in [0.15, 0.2) is 5.65 Å². The zero-order valence-corrected chi connectivity index (χ0v) is 22.7. The van der Waals surface area contributed by atoms with Crippen molar-refractivity contribution in [3.63, 3.8) is 0 Å². The van der Waals surface area contributed by atoms with E-state index in [2.05, 4.69) is 14.8 Å². The van der Waals surface area contributed by atoms with E-state index < -0.39 is 6.09 Å². The quantitative estimate of drug-likeness (QED) is 0.241. The van der Waals surface area contributed by atoms with Gasteiger partial charge in [0.25, 0.3) is 0 Å². The van der Waals surface area contributed by atoms with Crippen molar-refractivity contribution < 1.29 is 19.0 Å². The largest absolute Gasteiger partial charge is 0.441 e. The van der Waals surface area contributed by atoms with Crippen LogP contribution in [0.1, 0.15) is 43.7 Å². The zero-order valence-electron chi connectivity index (χ0n) is 22.7. The highest BCUT2D eigenvalue weighted by molar-refractivity contribution is 5.67. The number of benzene rings is 1. The molecule has 3 aliphatic heterocycles. The lowest BCUT2D eigenvalue weighted by Gasteiger charge is -2.33. The second kappa shape index (κ2) is 11.0. The molecule has 10 nitrogen and oxygen atoms in total. The molecule has 0 spiro atoms. The van der Waals surface area contributed by atoms with Gasteiger partial charge < -0.3 is 14.7 Å². The average Bonchev–Trinajstić information content (AvgIpc) is 3.63. The van der Waals surface area contributed by atoms with Gasteiger partial charge in [0.05, 0.1) is 17.9 Å². The van der Waals surface area contributed by atoms with E-state index in [9.17, 15) is 9.18 Å². The summed E-state index contributed by atoms with van der Waals surface area (Å²) in [7, 11) is 0. The van der Waals surface area contributed by atoms with Gasteiger partial charge in [-0.2, -0.15) is 4.89 Å². The minimum atomic E-state index is -0.396. The lowest BCUT2D eigenvalue weighted by molar-refractivity contribution is -0.283. The molecule has 0 bridgehead atoms. The summed E-state index contributed by atoms with van der Waals surface area (Å²) >= 11 is 0. The van der Waals surface area contributed by atoms with Gasteiger partial charge in [-0.1, -0.05) is 18.2 Å². The number of anilines is 2. The molecule has 1 aromatic carbocycles. The van der Waals surface area contributed by atoms with Gasteiger partial charge in [0.2, 0.25) is 0 Å².